The molecule has 0 spiro atoms. The predicted molar refractivity (Wildman–Crippen MR) is 110 cm³/mol. The minimum absolute atomic E-state index is 0.0533. The Morgan fingerprint density at radius 3 is 2.37 bits per heavy atom. The summed E-state index contributed by atoms with van der Waals surface area (Å²) in [5, 5.41) is 13.4. The summed E-state index contributed by atoms with van der Waals surface area (Å²) >= 11 is 5.94. The van der Waals surface area contributed by atoms with Gasteiger partial charge in [0.2, 0.25) is 0 Å². The second-order valence-electron chi connectivity index (χ2n) is 6.05. The first-order chi connectivity index (χ1) is 14.3. The van der Waals surface area contributed by atoms with E-state index >= 15 is 0 Å². The van der Waals surface area contributed by atoms with E-state index in [1.807, 2.05) is 6.92 Å². The average molecular weight is 437 g/mol. The van der Waals surface area contributed by atoms with Crippen LogP contribution in [0.3, 0.4) is 0 Å². The van der Waals surface area contributed by atoms with Gasteiger partial charge in [0, 0.05) is 12.1 Å². The standard InChI is InChI=1S/C20H21ClN2O7/c1-3-28-15-5-7-16(8-6-15)29-11-10-19(24)30-13(2)20(25)22-18-12-14(23(26)27)4-9-17(18)21/h4-9,12-13H,3,10-11H2,1-2H3,(H,22,25)/t13-/m1/s1. The Labute approximate surface area is 178 Å². The molecule has 0 saturated carbocycles. The molecule has 2 rings (SSSR count). The molecule has 1 atom stereocenters. The predicted octanol–water partition coefficient (Wildman–Crippen LogP) is 3.99. The molecule has 30 heavy (non-hydrogen) atoms. The van der Waals surface area contributed by atoms with Crippen molar-refractivity contribution in [2.75, 3.05) is 18.5 Å². The number of anilines is 1. The molecule has 10 heteroatoms. The summed E-state index contributed by atoms with van der Waals surface area (Å²) in [5.74, 6) is -0.0165. The lowest BCUT2D eigenvalue weighted by atomic mass is 10.2. The van der Waals surface area contributed by atoms with E-state index < -0.39 is 22.9 Å². The van der Waals surface area contributed by atoms with Crippen molar-refractivity contribution in [2.45, 2.75) is 26.4 Å². The molecule has 0 unspecified atom stereocenters. The van der Waals surface area contributed by atoms with E-state index in [2.05, 4.69) is 5.32 Å². The van der Waals surface area contributed by atoms with Crippen LogP contribution in [0.25, 0.3) is 0 Å². The maximum Gasteiger partial charge on any atom is 0.310 e. The van der Waals surface area contributed by atoms with Crippen LogP contribution in [-0.4, -0.2) is 36.1 Å². The van der Waals surface area contributed by atoms with Gasteiger partial charge in [0.1, 0.15) is 11.5 Å². The van der Waals surface area contributed by atoms with Gasteiger partial charge in [0.05, 0.1) is 35.3 Å². The minimum atomic E-state index is -1.13. The summed E-state index contributed by atoms with van der Waals surface area (Å²) in [6, 6.07) is 10.6. The highest BCUT2D eigenvalue weighted by Crippen LogP contribution is 2.27. The number of esters is 1. The summed E-state index contributed by atoms with van der Waals surface area (Å²) in [6.45, 7) is 3.89. The van der Waals surface area contributed by atoms with E-state index in [-0.39, 0.29) is 29.4 Å². The van der Waals surface area contributed by atoms with Gasteiger partial charge >= 0.3 is 5.97 Å². The van der Waals surface area contributed by atoms with E-state index in [0.717, 1.165) is 6.07 Å². The van der Waals surface area contributed by atoms with Gasteiger partial charge in [-0.3, -0.25) is 19.7 Å². The van der Waals surface area contributed by atoms with Gasteiger partial charge in [0.25, 0.3) is 11.6 Å². The number of amides is 1. The first-order valence-electron chi connectivity index (χ1n) is 9.10. The third kappa shape index (κ3) is 6.93. The number of nitro benzene ring substituents is 1. The number of hydrogen-bond acceptors (Lipinski definition) is 7. The molecule has 1 amide bonds. The van der Waals surface area contributed by atoms with E-state index in [4.69, 9.17) is 25.8 Å². The largest absolute Gasteiger partial charge is 0.494 e. The highest BCUT2D eigenvalue weighted by atomic mass is 35.5. The third-order valence-corrected chi connectivity index (χ3v) is 4.14. The molecule has 2 aromatic rings. The van der Waals surface area contributed by atoms with Crippen molar-refractivity contribution in [1.29, 1.82) is 0 Å². The van der Waals surface area contributed by atoms with Crippen LogP contribution < -0.4 is 14.8 Å². The lowest BCUT2D eigenvalue weighted by Gasteiger charge is -2.14. The molecule has 2 aromatic carbocycles. The molecule has 0 aliphatic heterocycles. The zero-order valence-corrected chi connectivity index (χ0v) is 17.2. The Bertz CT molecular complexity index is 903. The molecule has 9 nitrogen and oxygen atoms in total. The Hall–Kier alpha value is -3.33. The van der Waals surface area contributed by atoms with Crippen molar-refractivity contribution in [3.05, 3.63) is 57.6 Å². The molecule has 0 bridgehead atoms. The van der Waals surface area contributed by atoms with E-state index in [1.54, 1.807) is 24.3 Å². The van der Waals surface area contributed by atoms with Crippen molar-refractivity contribution in [3.8, 4) is 11.5 Å². The van der Waals surface area contributed by atoms with Crippen LogP contribution in [0, 0.1) is 10.1 Å². The molecule has 0 radical (unpaired) electrons. The fourth-order valence-corrected chi connectivity index (χ4v) is 2.48. The summed E-state index contributed by atoms with van der Waals surface area (Å²) < 4.78 is 15.9. The van der Waals surface area contributed by atoms with Crippen LogP contribution in [0.15, 0.2) is 42.5 Å². The minimum Gasteiger partial charge on any atom is -0.494 e. The van der Waals surface area contributed by atoms with Gasteiger partial charge in [-0.15, -0.1) is 0 Å². The van der Waals surface area contributed by atoms with Gasteiger partial charge in [-0.05, 0) is 44.2 Å². The third-order valence-electron chi connectivity index (χ3n) is 3.81. The summed E-state index contributed by atoms with van der Waals surface area (Å²) in [6.07, 6.45) is -1.19. The van der Waals surface area contributed by atoms with Crippen molar-refractivity contribution in [3.63, 3.8) is 0 Å². The van der Waals surface area contributed by atoms with Crippen LogP contribution >= 0.6 is 11.6 Å². The maximum atomic E-state index is 12.2. The Kier molecular flexibility index (Phi) is 8.42. The number of benzene rings is 2. The summed E-state index contributed by atoms with van der Waals surface area (Å²) in [7, 11) is 0. The number of hydrogen-bond donors (Lipinski definition) is 1. The number of ether oxygens (including phenoxy) is 3. The molecule has 1 N–H and O–H groups in total. The molecular formula is C20H21ClN2O7. The molecule has 0 heterocycles. The van der Waals surface area contributed by atoms with Gasteiger partial charge in [-0.25, -0.2) is 0 Å². The van der Waals surface area contributed by atoms with Crippen LogP contribution in [0.2, 0.25) is 5.02 Å². The van der Waals surface area contributed by atoms with Crippen LogP contribution in [0.5, 0.6) is 11.5 Å². The molecule has 0 fully saturated rings. The molecule has 0 aromatic heterocycles. The van der Waals surface area contributed by atoms with E-state index in [9.17, 15) is 19.7 Å². The van der Waals surface area contributed by atoms with Gasteiger partial charge in [-0.2, -0.15) is 0 Å². The molecule has 0 saturated heterocycles. The number of nitrogens with zero attached hydrogens (tertiary/aromatic N) is 1. The average Bonchev–Trinajstić information content (AvgIpc) is 2.70. The topological polar surface area (TPSA) is 117 Å². The number of non-ortho nitro benzene ring substituents is 1. The zero-order chi connectivity index (χ0) is 22.1. The Morgan fingerprint density at radius 2 is 1.77 bits per heavy atom. The Morgan fingerprint density at radius 1 is 1.13 bits per heavy atom. The molecule has 0 aliphatic carbocycles. The first kappa shape index (κ1) is 23.0. The quantitative estimate of drug-likeness (QED) is 0.340. The SMILES string of the molecule is CCOc1ccc(OCCC(=O)O[C@H](C)C(=O)Nc2cc([N+](=O)[O-])ccc2Cl)cc1. The van der Waals surface area contributed by atoms with E-state index in [0.29, 0.717) is 18.1 Å². The second kappa shape index (κ2) is 11.0. The number of nitro groups is 1. The van der Waals surface area contributed by atoms with Crippen LogP contribution in [0.4, 0.5) is 11.4 Å². The summed E-state index contributed by atoms with van der Waals surface area (Å²) in [4.78, 5) is 34.4. The lowest BCUT2D eigenvalue weighted by molar-refractivity contribution is -0.384. The molecule has 160 valence electrons. The highest BCUT2D eigenvalue weighted by Gasteiger charge is 2.20. The van der Waals surface area contributed by atoms with Crippen molar-refractivity contribution < 1.29 is 28.7 Å². The van der Waals surface area contributed by atoms with Gasteiger partial charge < -0.3 is 19.5 Å². The smallest absolute Gasteiger partial charge is 0.310 e. The zero-order valence-electron chi connectivity index (χ0n) is 16.4. The lowest BCUT2D eigenvalue weighted by Crippen LogP contribution is -2.30. The maximum absolute atomic E-state index is 12.2. The van der Waals surface area contributed by atoms with Crippen molar-refractivity contribution >= 4 is 34.9 Å². The number of carbonyl (C=O) groups is 2. The fraction of sp³-hybridized carbons (Fsp3) is 0.300. The molecule has 0 aliphatic rings. The van der Waals surface area contributed by atoms with Gasteiger partial charge in [0.15, 0.2) is 6.10 Å². The number of nitrogens with one attached hydrogen (secondary N) is 1. The molecular weight excluding hydrogens is 416 g/mol. The number of rotatable bonds is 10. The Balaban J connectivity index is 1.80. The normalized spacial score (nSPS) is 11.3. The van der Waals surface area contributed by atoms with Gasteiger partial charge in [-0.1, -0.05) is 11.6 Å². The number of carbonyl (C=O) groups excluding carboxylic acids is 2. The highest BCUT2D eigenvalue weighted by molar-refractivity contribution is 6.33. The first-order valence-corrected chi connectivity index (χ1v) is 9.48. The second-order valence-corrected chi connectivity index (χ2v) is 6.45. The van der Waals surface area contributed by atoms with Crippen molar-refractivity contribution in [2.24, 2.45) is 0 Å². The van der Waals surface area contributed by atoms with E-state index in [1.165, 1.54) is 19.1 Å². The van der Waals surface area contributed by atoms with Crippen LogP contribution in [0.1, 0.15) is 20.3 Å². The van der Waals surface area contributed by atoms with Crippen molar-refractivity contribution in [1.82, 2.24) is 0 Å². The van der Waals surface area contributed by atoms with Crippen LogP contribution in [-0.2, 0) is 14.3 Å². The fourth-order valence-electron chi connectivity index (χ4n) is 2.32. The summed E-state index contributed by atoms with van der Waals surface area (Å²) in [5.41, 5.74) is -0.177. The number of halogens is 1. The monoisotopic (exact) mass is 436 g/mol.